The van der Waals surface area contributed by atoms with Gasteiger partial charge in [-0.3, -0.25) is 0 Å². The summed E-state index contributed by atoms with van der Waals surface area (Å²) in [6.07, 6.45) is 0. The van der Waals surface area contributed by atoms with Crippen molar-refractivity contribution >= 4 is 60.9 Å². The lowest BCUT2D eigenvalue weighted by Gasteiger charge is -2.27. The molecule has 0 amide bonds. The molecule has 0 atom stereocenters. The van der Waals surface area contributed by atoms with Crippen LogP contribution < -0.4 is 4.90 Å². The quantitative estimate of drug-likeness (QED) is 0.204. The lowest BCUT2D eigenvalue weighted by atomic mass is 9.98. The zero-order valence-corrected chi connectivity index (χ0v) is 24.4. The van der Waals surface area contributed by atoms with Gasteiger partial charge in [0.1, 0.15) is 22.3 Å². The number of hydrogen-bond acceptors (Lipinski definition) is 3. The van der Waals surface area contributed by atoms with Gasteiger partial charge < -0.3 is 13.7 Å². The van der Waals surface area contributed by atoms with Gasteiger partial charge >= 0.3 is 0 Å². The van der Waals surface area contributed by atoms with Crippen LogP contribution in [0.4, 0.5) is 17.1 Å². The third-order valence-corrected chi connectivity index (χ3v) is 8.68. The SMILES string of the molecule is c1ccc(-c2ccc(N(c3ccccc3)c3ccc(-c4ccc5c(c4)oc4ccccc45)c4oc5ccccc5c34)cc2)cc1. The molecule has 3 nitrogen and oxygen atoms in total. The highest BCUT2D eigenvalue weighted by molar-refractivity contribution is 6.17. The zero-order chi connectivity index (χ0) is 29.7. The van der Waals surface area contributed by atoms with E-state index in [0.29, 0.717) is 0 Å². The molecule has 0 bridgehead atoms. The van der Waals surface area contributed by atoms with Crippen molar-refractivity contribution < 1.29 is 8.83 Å². The van der Waals surface area contributed by atoms with Crippen molar-refractivity contribution in [3.05, 3.63) is 164 Å². The van der Waals surface area contributed by atoms with E-state index < -0.39 is 0 Å². The van der Waals surface area contributed by atoms with E-state index in [0.717, 1.165) is 72.1 Å². The summed E-state index contributed by atoms with van der Waals surface area (Å²) in [4.78, 5) is 2.32. The largest absolute Gasteiger partial charge is 0.456 e. The Morgan fingerprint density at radius 3 is 1.73 bits per heavy atom. The molecule has 0 unspecified atom stereocenters. The molecule has 2 aromatic heterocycles. The van der Waals surface area contributed by atoms with Crippen LogP contribution in [0.3, 0.4) is 0 Å². The van der Waals surface area contributed by atoms with Crippen LogP contribution in [-0.4, -0.2) is 0 Å². The van der Waals surface area contributed by atoms with E-state index in [2.05, 4.69) is 138 Å². The van der Waals surface area contributed by atoms with E-state index in [-0.39, 0.29) is 0 Å². The third kappa shape index (κ3) is 4.21. The Balaban J connectivity index is 1.26. The second kappa shape index (κ2) is 10.3. The van der Waals surface area contributed by atoms with Gasteiger partial charge in [-0.2, -0.15) is 0 Å². The first-order valence-corrected chi connectivity index (χ1v) is 15.2. The summed E-state index contributed by atoms with van der Waals surface area (Å²) in [5, 5.41) is 4.39. The van der Waals surface area contributed by atoms with Crippen molar-refractivity contribution in [1.82, 2.24) is 0 Å². The lowest BCUT2D eigenvalue weighted by Crippen LogP contribution is -2.10. The molecule has 0 aliphatic carbocycles. The van der Waals surface area contributed by atoms with Crippen LogP contribution in [0, 0.1) is 0 Å². The van der Waals surface area contributed by atoms with Gasteiger partial charge in [0.2, 0.25) is 0 Å². The maximum absolute atomic E-state index is 6.69. The highest BCUT2D eigenvalue weighted by atomic mass is 16.3. The molecule has 212 valence electrons. The second-order valence-corrected chi connectivity index (χ2v) is 11.3. The number of furan rings is 2. The van der Waals surface area contributed by atoms with Crippen molar-refractivity contribution in [2.24, 2.45) is 0 Å². The number of nitrogens with zero attached hydrogens (tertiary/aromatic N) is 1. The van der Waals surface area contributed by atoms with Gasteiger partial charge in [-0.25, -0.2) is 0 Å². The number of anilines is 3. The molecule has 0 N–H and O–H groups in total. The van der Waals surface area contributed by atoms with Crippen LogP contribution in [0.5, 0.6) is 0 Å². The van der Waals surface area contributed by atoms with Gasteiger partial charge in [-0.15, -0.1) is 0 Å². The van der Waals surface area contributed by atoms with E-state index in [4.69, 9.17) is 8.83 Å². The van der Waals surface area contributed by atoms with Crippen LogP contribution in [0.2, 0.25) is 0 Å². The maximum atomic E-state index is 6.69. The molecule has 0 aliphatic heterocycles. The van der Waals surface area contributed by atoms with Crippen LogP contribution in [0.15, 0.2) is 173 Å². The molecule has 0 aliphatic rings. The summed E-state index contributed by atoms with van der Waals surface area (Å²) in [7, 11) is 0. The van der Waals surface area contributed by atoms with Gasteiger partial charge in [0.05, 0.1) is 11.1 Å². The first-order valence-electron chi connectivity index (χ1n) is 15.2. The van der Waals surface area contributed by atoms with Gasteiger partial charge in [-0.1, -0.05) is 103 Å². The number of fused-ring (bicyclic) bond motifs is 6. The van der Waals surface area contributed by atoms with Crippen LogP contribution in [-0.2, 0) is 0 Å². The first-order chi connectivity index (χ1) is 22.3. The molecule has 0 saturated heterocycles. The topological polar surface area (TPSA) is 29.5 Å². The number of para-hydroxylation sites is 3. The Kier molecular flexibility index (Phi) is 5.82. The molecule has 2 heterocycles. The average Bonchev–Trinajstić information content (AvgIpc) is 3.68. The van der Waals surface area contributed by atoms with Crippen molar-refractivity contribution in [1.29, 1.82) is 0 Å². The lowest BCUT2D eigenvalue weighted by molar-refractivity contribution is 0.668. The summed E-state index contributed by atoms with van der Waals surface area (Å²) < 4.78 is 13.0. The predicted octanol–water partition coefficient (Wildman–Crippen LogP) is 12.3. The smallest absolute Gasteiger partial charge is 0.145 e. The normalized spacial score (nSPS) is 11.6. The van der Waals surface area contributed by atoms with Crippen LogP contribution in [0.25, 0.3) is 66.1 Å². The van der Waals surface area contributed by atoms with Crippen molar-refractivity contribution in [3.8, 4) is 22.3 Å². The maximum Gasteiger partial charge on any atom is 0.145 e. The van der Waals surface area contributed by atoms with E-state index >= 15 is 0 Å². The third-order valence-electron chi connectivity index (χ3n) is 8.68. The van der Waals surface area contributed by atoms with Crippen molar-refractivity contribution in [3.63, 3.8) is 0 Å². The van der Waals surface area contributed by atoms with Crippen LogP contribution >= 0.6 is 0 Å². The Morgan fingerprint density at radius 1 is 0.378 bits per heavy atom. The molecule has 0 fully saturated rings. The number of rotatable bonds is 5. The first kappa shape index (κ1) is 25.4. The van der Waals surface area contributed by atoms with E-state index in [1.165, 1.54) is 11.1 Å². The number of hydrogen-bond donors (Lipinski definition) is 0. The highest BCUT2D eigenvalue weighted by Gasteiger charge is 2.22. The van der Waals surface area contributed by atoms with Gasteiger partial charge in [0.15, 0.2) is 0 Å². The van der Waals surface area contributed by atoms with Crippen molar-refractivity contribution in [2.45, 2.75) is 0 Å². The van der Waals surface area contributed by atoms with Gasteiger partial charge in [0, 0.05) is 33.1 Å². The molecule has 3 heteroatoms. The Bertz CT molecular complexity index is 2470. The molecule has 9 rings (SSSR count). The second-order valence-electron chi connectivity index (χ2n) is 11.3. The number of benzene rings is 7. The Labute approximate surface area is 260 Å². The fourth-order valence-corrected chi connectivity index (χ4v) is 6.56. The monoisotopic (exact) mass is 577 g/mol. The standard InChI is InChI=1S/C42H27NO2/c1-3-11-28(12-4-1)29-19-22-32(23-20-29)43(31-13-5-2-6-14-31)37-26-25-33(42-41(37)36-16-8-10-18-39(36)45-42)30-21-24-35-34-15-7-9-17-38(34)44-40(35)27-30/h1-27H. The zero-order valence-electron chi connectivity index (χ0n) is 24.4. The fraction of sp³-hybridized carbons (Fsp3) is 0. The molecule has 45 heavy (non-hydrogen) atoms. The van der Waals surface area contributed by atoms with Gasteiger partial charge in [-0.05, 0) is 77.4 Å². The molecule has 9 aromatic rings. The molecule has 7 aromatic carbocycles. The highest BCUT2D eigenvalue weighted by Crippen LogP contribution is 2.46. The molecular formula is C42H27NO2. The fourth-order valence-electron chi connectivity index (χ4n) is 6.56. The summed E-state index contributed by atoms with van der Waals surface area (Å²) in [5.74, 6) is 0. The summed E-state index contributed by atoms with van der Waals surface area (Å²) in [5.41, 5.74) is 11.1. The minimum absolute atomic E-state index is 0.853. The predicted molar refractivity (Wildman–Crippen MR) is 187 cm³/mol. The summed E-state index contributed by atoms with van der Waals surface area (Å²) >= 11 is 0. The van der Waals surface area contributed by atoms with E-state index in [1.54, 1.807) is 0 Å². The van der Waals surface area contributed by atoms with Gasteiger partial charge in [0.25, 0.3) is 0 Å². The Morgan fingerprint density at radius 2 is 0.956 bits per heavy atom. The molecular weight excluding hydrogens is 550 g/mol. The molecule has 0 radical (unpaired) electrons. The van der Waals surface area contributed by atoms with Crippen LogP contribution in [0.1, 0.15) is 0 Å². The average molecular weight is 578 g/mol. The minimum Gasteiger partial charge on any atom is -0.456 e. The van der Waals surface area contributed by atoms with E-state index in [1.807, 2.05) is 30.3 Å². The minimum atomic E-state index is 0.853. The van der Waals surface area contributed by atoms with E-state index in [9.17, 15) is 0 Å². The van der Waals surface area contributed by atoms with Crippen molar-refractivity contribution in [2.75, 3.05) is 4.90 Å². The summed E-state index contributed by atoms with van der Waals surface area (Å²) in [6, 6.07) is 57.2. The molecule has 0 spiro atoms. The Hall–Kier alpha value is -6.06. The molecule has 0 saturated carbocycles. The summed E-state index contributed by atoms with van der Waals surface area (Å²) in [6.45, 7) is 0.